The molecular formula is C22H23FN2O4. The third-order valence-electron chi connectivity index (χ3n) is 4.26. The Labute approximate surface area is 168 Å². The van der Waals surface area contributed by atoms with E-state index in [9.17, 15) is 9.18 Å². The second kappa shape index (κ2) is 9.84. The topological polar surface area (TPSA) is 64.8 Å². The van der Waals surface area contributed by atoms with E-state index >= 15 is 0 Å². The molecule has 0 saturated heterocycles. The molecule has 0 fully saturated rings. The van der Waals surface area contributed by atoms with Gasteiger partial charge in [-0.2, -0.15) is 0 Å². The van der Waals surface area contributed by atoms with E-state index in [0.29, 0.717) is 31.3 Å². The highest BCUT2D eigenvalue weighted by Crippen LogP contribution is 2.23. The number of halogens is 1. The molecule has 0 atom stereocenters. The van der Waals surface area contributed by atoms with Crippen LogP contribution in [0.15, 0.2) is 59.1 Å². The normalized spacial score (nSPS) is 10.9. The van der Waals surface area contributed by atoms with Crippen LogP contribution in [0, 0.1) is 5.82 Å². The van der Waals surface area contributed by atoms with Gasteiger partial charge >= 0.3 is 5.97 Å². The van der Waals surface area contributed by atoms with E-state index in [4.69, 9.17) is 13.9 Å². The van der Waals surface area contributed by atoms with Crippen molar-refractivity contribution in [3.8, 4) is 17.1 Å². The number of carbonyl (C=O) groups excluding carboxylic acids is 1. The minimum absolute atomic E-state index is 0.0749. The zero-order valence-corrected chi connectivity index (χ0v) is 16.4. The summed E-state index contributed by atoms with van der Waals surface area (Å²) in [5.74, 6) is 1.22. The Morgan fingerprint density at radius 3 is 2.48 bits per heavy atom. The van der Waals surface area contributed by atoms with Crippen LogP contribution in [0.5, 0.6) is 5.75 Å². The summed E-state index contributed by atoms with van der Waals surface area (Å²) in [6.07, 6.45) is 1.65. The van der Waals surface area contributed by atoms with Crippen molar-refractivity contribution in [2.24, 2.45) is 0 Å². The molecular weight excluding hydrogens is 375 g/mol. The maximum absolute atomic E-state index is 13.2. The highest BCUT2D eigenvalue weighted by molar-refractivity contribution is 5.71. The molecule has 0 N–H and O–H groups in total. The van der Waals surface area contributed by atoms with Crippen LogP contribution in [0.3, 0.4) is 0 Å². The van der Waals surface area contributed by atoms with Gasteiger partial charge in [-0.1, -0.05) is 12.1 Å². The zero-order valence-electron chi connectivity index (χ0n) is 16.4. The average Bonchev–Trinajstić information content (AvgIpc) is 3.18. The first-order chi connectivity index (χ1) is 14.1. The number of rotatable bonds is 9. The maximum Gasteiger partial charge on any atom is 0.320 e. The molecule has 0 unspecified atom stereocenters. The van der Waals surface area contributed by atoms with E-state index < -0.39 is 0 Å². The summed E-state index contributed by atoms with van der Waals surface area (Å²) >= 11 is 0. The number of carbonyl (C=O) groups is 1. The SMILES string of the molecule is CCOC(=O)CN(Cc1ccc(F)cc1)Cc1ncc(-c2ccc(OC)cc2)o1. The molecule has 3 aromatic rings. The summed E-state index contributed by atoms with van der Waals surface area (Å²) < 4.78 is 29.3. The van der Waals surface area contributed by atoms with Crippen molar-refractivity contribution < 1.29 is 23.1 Å². The van der Waals surface area contributed by atoms with Gasteiger partial charge in [0.15, 0.2) is 5.76 Å². The second-order valence-electron chi connectivity index (χ2n) is 6.42. The number of hydrogen-bond acceptors (Lipinski definition) is 6. The molecule has 3 rings (SSSR count). The summed E-state index contributed by atoms with van der Waals surface area (Å²) in [5, 5.41) is 0. The van der Waals surface area contributed by atoms with Crippen LogP contribution in [0.4, 0.5) is 4.39 Å². The Morgan fingerprint density at radius 1 is 1.10 bits per heavy atom. The van der Waals surface area contributed by atoms with E-state index in [2.05, 4.69) is 4.98 Å². The Bertz CT molecular complexity index is 923. The fourth-order valence-electron chi connectivity index (χ4n) is 2.87. The molecule has 0 spiro atoms. The second-order valence-corrected chi connectivity index (χ2v) is 6.42. The molecule has 0 aliphatic carbocycles. The van der Waals surface area contributed by atoms with Crippen LogP contribution in [0.2, 0.25) is 0 Å². The maximum atomic E-state index is 13.2. The van der Waals surface area contributed by atoms with Gasteiger partial charge < -0.3 is 13.9 Å². The van der Waals surface area contributed by atoms with Crippen LogP contribution < -0.4 is 4.74 Å². The van der Waals surface area contributed by atoms with Crippen molar-refractivity contribution in [2.75, 3.05) is 20.3 Å². The van der Waals surface area contributed by atoms with Gasteiger partial charge in [0, 0.05) is 12.1 Å². The smallest absolute Gasteiger partial charge is 0.320 e. The van der Waals surface area contributed by atoms with Crippen LogP contribution in [0.25, 0.3) is 11.3 Å². The van der Waals surface area contributed by atoms with Crippen LogP contribution in [-0.4, -0.2) is 36.1 Å². The first-order valence-corrected chi connectivity index (χ1v) is 9.29. The molecule has 2 aromatic carbocycles. The Balaban J connectivity index is 1.73. The van der Waals surface area contributed by atoms with E-state index in [-0.39, 0.29) is 18.3 Å². The number of esters is 1. The van der Waals surface area contributed by atoms with Crippen molar-refractivity contribution in [3.63, 3.8) is 0 Å². The first kappa shape index (κ1) is 20.5. The molecule has 0 radical (unpaired) electrons. The van der Waals surface area contributed by atoms with Crippen molar-refractivity contribution in [1.29, 1.82) is 0 Å². The number of methoxy groups -OCH3 is 1. The lowest BCUT2D eigenvalue weighted by Crippen LogP contribution is -2.30. The van der Waals surface area contributed by atoms with Crippen LogP contribution >= 0.6 is 0 Å². The van der Waals surface area contributed by atoms with Crippen molar-refractivity contribution in [1.82, 2.24) is 9.88 Å². The monoisotopic (exact) mass is 398 g/mol. The number of oxazole rings is 1. The van der Waals surface area contributed by atoms with Crippen molar-refractivity contribution in [2.45, 2.75) is 20.0 Å². The van der Waals surface area contributed by atoms with E-state index in [1.165, 1.54) is 12.1 Å². The molecule has 1 heterocycles. The van der Waals surface area contributed by atoms with Crippen LogP contribution in [0.1, 0.15) is 18.4 Å². The highest BCUT2D eigenvalue weighted by atomic mass is 19.1. The number of hydrogen-bond donors (Lipinski definition) is 0. The van der Waals surface area contributed by atoms with E-state index in [1.54, 1.807) is 32.4 Å². The third-order valence-corrected chi connectivity index (χ3v) is 4.26. The summed E-state index contributed by atoms with van der Waals surface area (Å²) in [5.41, 5.74) is 1.75. The molecule has 6 nitrogen and oxygen atoms in total. The molecule has 0 bridgehead atoms. The largest absolute Gasteiger partial charge is 0.497 e. The first-order valence-electron chi connectivity index (χ1n) is 9.29. The average molecular weight is 398 g/mol. The fourth-order valence-corrected chi connectivity index (χ4v) is 2.87. The van der Waals surface area contributed by atoms with Gasteiger partial charge in [0.2, 0.25) is 5.89 Å². The highest BCUT2D eigenvalue weighted by Gasteiger charge is 2.16. The summed E-state index contributed by atoms with van der Waals surface area (Å²) in [6, 6.07) is 13.6. The Kier molecular flexibility index (Phi) is 6.97. The number of nitrogens with zero attached hydrogens (tertiary/aromatic N) is 2. The zero-order chi connectivity index (χ0) is 20.6. The van der Waals surface area contributed by atoms with E-state index in [0.717, 1.165) is 16.9 Å². The standard InChI is InChI=1S/C22H23FN2O4/c1-3-28-22(26)15-25(13-16-4-8-18(23)9-5-16)14-21-24-12-20(29-21)17-6-10-19(27-2)11-7-17/h4-12H,3,13-15H2,1-2H3. The number of benzene rings is 2. The minimum atomic E-state index is -0.337. The molecule has 29 heavy (non-hydrogen) atoms. The molecule has 0 aliphatic heterocycles. The quantitative estimate of drug-likeness (QED) is 0.507. The molecule has 0 aliphatic rings. The van der Waals surface area contributed by atoms with Crippen molar-refractivity contribution >= 4 is 5.97 Å². The van der Waals surface area contributed by atoms with Gasteiger partial charge in [-0.15, -0.1) is 0 Å². The molecule has 152 valence electrons. The molecule has 0 amide bonds. The molecule has 7 heteroatoms. The van der Waals surface area contributed by atoms with Gasteiger partial charge in [-0.25, -0.2) is 9.37 Å². The van der Waals surface area contributed by atoms with E-state index in [1.807, 2.05) is 29.2 Å². The van der Waals surface area contributed by atoms with Crippen LogP contribution in [-0.2, 0) is 22.6 Å². The van der Waals surface area contributed by atoms with Crippen molar-refractivity contribution in [3.05, 3.63) is 72.0 Å². The number of aromatic nitrogens is 1. The van der Waals surface area contributed by atoms with Gasteiger partial charge in [0.1, 0.15) is 11.6 Å². The summed E-state index contributed by atoms with van der Waals surface area (Å²) in [7, 11) is 1.61. The predicted octanol–water partition coefficient (Wildman–Crippen LogP) is 4.05. The van der Waals surface area contributed by atoms with Gasteiger partial charge in [-0.05, 0) is 48.9 Å². The van der Waals surface area contributed by atoms with Gasteiger partial charge in [0.25, 0.3) is 0 Å². The molecule has 0 saturated carbocycles. The lowest BCUT2D eigenvalue weighted by atomic mass is 10.2. The summed E-state index contributed by atoms with van der Waals surface area (Å²) in [6.45, 7) is 2.89. The lowest BCUT2D eigenvalue weighted by molar-refractivity contribution is -0.144. The fraction of sp³-hybridized carbons (Fsp3) is 0.273. The van der Waals surface area contributed by atoms with Gasteiger partial charge in [0.05, 0.1) is 33.0 Å². The minimum Gasteiger partial charge on any atom is -0.497 e. The summed E-state index contributed by atoms with van der Waals surface area (Å²) in [4.78, 5) is 18.2. The predicted molar refractivity (Wildman–Crippen MR) is 106 cm³/mol. The number of ether oxygens (including phenoxy) is 2. The Morgan fingerprint density at radius 2 is 1.83 bits per heavy atom. The Hall–Kier alpha value is -3.19. The molecule has 1 aromatic heterocycles. The van der Waals surface area contributed by atoms with Gasteiger partial charge in [-0.3, -0.25) is 9.69 Å². The third kappa shape index (κ3) is 5.89. The lowest BCUT2D eigenvalue weighted by Gasteiger charge is -2.19.